The van der Waals surface area contributed by atoms with Gasteiger partial charge in [0.15, 0.2) is 18.1 Å². The van der Waals surface area contributed by atoms with Crippen LogP contribution < -0.4 is 20.3 Å². The van der Waals surface area contributed by atoms with E-state index in [2.05, 4.69) is 34.9 Å². The van der Waals surface area contributed by atoms with Crippen molar-refractivity contribution in [2.75, 3.05) is 17.6 Å². The Labute approximate surface area is 350 Å². The summed E-state index contributed by atoms with van der Waals surface area (Å²) in [5.74, 6) is -15.0. The number of ether oxygens (including phenoxy) is 1. The van der Waals surface area contributed by atoms with Gasteiger partial charge in [-0.3, -0.25) is 23.5 Å². The first kappa shape index (κ1) is 44.4. The molecule has 0 saturated heterocycles. The van der Waals surface area contributed by atoms with Gasteiger partial charge in [-0.25, -0.2) is 22.5 Å². The molecule has 12 nitrogen and oxygen atoms in total. The van der Waals surface area contributed by atoms with Crippen molar-refractivity contribution in [3.05, 3.63) is 97.8 Å². The molecule has 1 aliphatic rings. The first-order chi connectivity index (χ1) is 29.0. The molecule has 2 unspecified atom stereocenters. The molecule has 0 spiro atoms. The van der Waals surface area contributed by atoms with Crippen molar-refractivity contribution >= 4 is 57.2 Å². The molecule has 4 heterocycles. The molecule has 2 aromatic carbocycles. The quantitative estimate of drug-likeness (QED) is 0.0866. The highest BCUT2D eigenvalue weighted by molar-refractivity contribution is 7.99. The monoisotopic (exact) mass is 923 g/mol. The van der Waals surface area contributed by atoms with E-state index in [1.54, 1.807) is 6.26 Å². The lowest BCUT2D eigenvalue weighted by Crippen LogP contribution is -2.41. The van der Waals surface area contributed by atoms with Crippen molar-refractivity contribution in [1.82, 2.24) is 39.4 Å². The lowest BCUT2D eigenvalue weighted by atomic mass is 10.0. The second kappa shape index (κ2) is 16.2. The number of nitrogens with zero attached hydrogens (tertiary/aromatic N) is 7. The Morgan fingerprint density at radius 2 is 1.74 bits per heavy atom. The van der Waals surface area contributed by atoms with Crippen molar-refractivity contribution in [3.63, 3.8) is 0 Å². The molecule has 2 N–H and O–H groups in total. The third-order valence-corrected chi connectivity index (χ3v) is 10.7. The number of alkyl halides is 9. The third-order valence-electron chi connectivity index (χ3n) is 9.94. The molecular formula is C37H29ClF11N9O3S. The summed E-state index contributed by atoms with van der Waals surface area (Å²) in [7, 11) is 1.48. The Balaban J connectivity index is 1.44. The van der Waals surface area contributed by atoms with E-state index >= 15 is 8.78 Å². The van der Waals surface area contributed by atoms with E-state index in [-0.39, 0.29) is 38.4 Å². The first-order valence-electron chi connectivity index (χ1n) is 18.0. The highest BCUT2D eigenvalue weighted by Gasteiger charge is 2.58. The van der Waals surface area contributed by atoms with Crippen LogP contribution in [0.5, 0.6) is 5.88 Å². The minimum absolute atomic E-state index is 0.0436. The van der Waals surface area contributed by atoms with E-state index in [1.807, 2.05) is 0 Å². The van der Waals surface area contributed by atoms with E-state index in [4.69, 9.17) is 11.6 Å². The third kappa shape index (κ3) is 8.08. The largest absolute Gasteiger partial charge is 0.471 e. The normalized spacial score (nSPS) is 15.7. The molecule has 0 saturated carbocycles. The summed E-state index contributed by atoms with van der Waals surface area (Å²) < 4.78 is 165. The highest BCUT2D eigenvalue weighted by atomic mass is 35.5. The van der Waals surface area contributed by atoms with Crippen LogP contribution in [0.15, 0.2) is 47.3 Å². The fraction of sp³-hybridized carbons (Fsp3) is 0.351. The standard InChI is InChI=1S/C37H29ClF11N9O3S/c1-15-8-20-27(30(41)42)53-57(29(20)36(15,45)46)13-24(59)50-22(11-16-9-17(39)12-18(40)10-16)33-52-31-19(4-7-25(51-31)61-14-35(43,44)37(47,48)49)34(60)58(33)23-6-5-21(38)26-28(23)56(2)54-32(26)55-62-3/h4-7,9-10,12,15,22,30H,8,11,13-14H2,1-3H3,(H,50,59)(H,54,55). The van der Waals surface area contributed by atoms with Crippen LogP contribution in [0.1, 0.15) is 47.7 Å². The number of aromatic nitrogens is 7. The molecule has 0 fully saturated rings. The number of carbonyl (C=O) groups excluding carboxylic acids is 1. The summed E-state index contributed by atoms with van der Waals surface area (Å²) in [6.07, 6.45) is -8.73. The maximum absolute atomic E-state index is 15.4. The number of hydrogen-bond donors (Lipinski definition) is 2. The molecule has 25 heteroatoms. The lowest BCUT2D eigenvalue weighted by Gasteiger charge is -2.24. The van der Waals surface area contributed by atoms with Gasteiger partial charge in [-0.05, 0) is 42.3 Å². The number of hydrogen-bond acceptors (Lipinski definition) is 9. The Morgan fingerprint density at radius 3 is 2.39 bits per heavy atom. The number of rotatable bonds is 13. The molecule has 0 bridgehead atoms. The number of nitrogens with one attached hydrogen (secondary N) is 2. The number of pyridine rings is 1. The van der Waals surface area contributed by atoms with Crippen LogP contribution in [0.2, 0.25) is 5.02 Å². The van der Waals surface area contributed by atoms with Crippen LogP contribution in [-0.2, 0) is 37.2 Å². The van der Waals surface area contributed by atoms with Gasteiger partial charge in [0.2, 0.25) is 11.8 Å². The number of anilines is 1. The molecule has 7 rings (SSSR count). The number of carbonyl (C=O) groups is 1. The maximum Gasteiger partial charge on any atom is 0.456 e. The summed E-state index contributed by atoms with van der Waals surface area (Å²) in [4.78, 5) is 37.0. The van der Waals surface area contributed by atoms with Gasteiger partial charge in [-0.1, -0.05) is 30.5 Å². The number of aryl methyl sites for hydroxylation is 1. The second-order valence-electron chi connectivity index (χ2n) is 14.2. The molecule has 62 heavy (non-hydrogen) atoms. The van der Waals surface area contributed by atoms with Gasteiger partial charge in [0.05, 0.1) is 33.0 Å². The average Bonchev–Trinajstić information content (AvgIpc) is 3.78. The summed E-state index contributed by atoms with van der Waals surface area (Å²) in [5.41, 5.74) is -4.06. The smallest absolute Gasteiger partial charge is 0.456 e. The van der Waals surface area contributed by atoms with Crippen LogP contribution in [0, 0.1) is 17.6 Å². The van der Waals surface area contributed by atoms with Gasteiger partial charge >= 0.3 is 12.1 Å². The van der Waals surface area contributed by atoms with Gasteiger partial charge in [-0.15, -0.1) is 0 Å². The van der Waals surface area contributed by atoms with Gasteiger partial charge in [0.1, 0.15) is 35.4 Å². The van der Waals surface area contributed by atoms with Crippen LogP contribution >= 0.6 is 23.5 Å². The van der Waals surface area contributed by atoms with Crippen molar-refractivity contribution in [2.45, 2.75) is 56.8 Å². The van der Waals surface area contributed by atoms with E-state index in [9.17, 15) is 49.1 Å². The zero-order valence-corrected chi connectivity index (χ0v) is 33.5. The first-order valence-corrected chi connectivity index (χ1v) is 19.6. The Morgan fingerprint density at radius 1 is 1.05 bits per heavy atom. The predicted molar refractivity (Wildman–Crippen MR) is 203 cm³/mol. The topological polar surface area (TPSA) is 134 Å². The van der Waals surface area contributed by atoms with Crippen molar-refractivity contribution in [3.8, 4) is 11.6 Å². The van der Waals surface area contributed by atoms with Crippen molar-refractivity contribution in [1.29, 1.82) is 0 Å². The zero-order valence-electron chi connectivity index (χ0n) is 31.9. The van der Waals surface area contributed by atoms with E-state index in [0.29, 0.717) is 10.7 Å². The van der Waals surface area contributed by atoms with E-state index in [0.717, 1.165) is 47.7 Å². The molecule has 1 aliphatic carbocycles. The van der Waals surface area contributed by atoms with Gasteiger partial charge < -0.3 is 14.8 Å². The summed E-state index contributed by atoms with van der Waals surface area (Å²) in [5, 5.41) is 10.5. The van der Waals surface area contributed by atoms with Crippen molar-refractivity contribution < 1.29 is 57.8 Å². The molecule has 4 aromatic heterocycles. The number of halogens is 12. The SMILES string of the molecule is CSNc1nn(C)c2c(-n3c(C(Cc4cc(F)cc(F)c4)NC(=O)Cn4nc(C(F)F)c5c4C(F)(F)C(C)C5)nc4nc(OCC(F)(F)C(F)(F)F)ccc4c3=O)ccc(Cl)c12. The van der Waals surface area contributed by atoms with Crippen LogP contribution in [0.25, 0.3) is 27.6 Å². The molecule has 0 radical (unpaired) electrons. The lowest BCUT2D eigenvalue weighted by molar-refractivity contribution is -0.290. The minimum atomic E-state index is -6.00. The Bertz CT molecular complexity index is 2780. The molecular weight excluding hydrogens is 895 g/mol. The van der Waals surface area contributed by atoms with Gasteiger partial charge in [-0.2, -0.15) is 45.9 Å². The highest BCUT2D eigenvalue weighted by Crippen LogP contribution is 2.48. The molecule has 6 aromatic rings. The second-order valence-corrected chi connectivity index (χ2v) is 15.2. The van der Waals surface area contributed by atoms with Gasteiger partial charge in [0, 0.05) is 43.3 Å². The molecule has 330 valence electrons. The van der Waals surface area contributed by atoms with Crippen LogP contribution in [0.4, 0.5) is 54.1 Å². The summed E-state index contributed by atoms with van der Waals surface area (Å²) in [6.45, 7) is -2.22. The summed E-state index contributed by atoms with van der Waals surface area (Å²) >= 11 is 7.74. The average molecular weight is 924 g/mol. The Hall–Kier alpha value is -5.65. The fourth-order valence-corrected chi connectivity index (χ4v) is 7.74. The summed E-state index contributed by atoms with van der Waals surface area (Å²) in [6, 6.07) is 5.02. The predicted octanol–water partition coefficient (Wildman–Crippen LogP) is 8.38. The molecule has 1 amide bonds. The number of fused-ring (bicyclic) bond motifs is 3. The van der Waals surface area contributed by atoms with E-state index in [1.165, 1.54) is 23.9 Å². The van der Waals surface area contributed by atoms with Crippen LogP contribution in [0.3, 0.4) is 0 Å². The van der Waals surface area contributed by atoms with Crippen molar-refractivity contribution in [2.24, 2.45) is 13.0 Å². The van der Waals surface area contributed by atoms with Crippen LogP contribution in [-0.4, -0.2) is 65.0 Å². The molecule has 2 atom stereocenters. The molecule has 0 aliphatic heterocycles. The number of benzene rings is 2. The fourth-order valence-electron chi connectivity index (χ4n) is 7.16. The maximum atomic E-state index is 15.4. The number of amides is 1. The van der Waals surface area contributed by atoms with E-state index < -0.39 is 120 Å². The minimum Gasteiger partial charge on any atom is -0.471 e. The van der Waals surface area contributed by atoms with Gasteiger partial charge in [0.25, 0.3) is 17.9 Å². The zero-order chi connectivity index (χ0) is 45.2. The Kier molecular flexibility index (Phi) is 11.6.